The predicted octanol–water partition coefficient (Wildman–Crippen LogP) is 2.39. The van der Waals surface area contributed by atoms with E-state index < -0.39 is 0 Å². The van der Waals surface area contributed by atoms with Crippen molar-refractivity contribution >= 4 is 11.6 Å². The molecule has 2 atom stereocenters. The van der Waals surface area contributed by atoms with Crippen LogP contribution in [0.3, 0.4) is 0 Å². The van der Waals surface area contributed by atoms with Crippen LogP contribution in [-0.2, 0) is 11.3 Å². The summed E-state index contributed by atoms with van der Waals surface area (Å²) in [5, 5.41) is 7.19. The zero-order valence-corrected chi connectivity index (χ0v) is 12.6. The fourth-order valence-electron chi connectivity index (χ4n) is 2.98. The zero-order valence-electron chi connectivity index (χ0n) is 12.6. The highest BCUT2D eigenvalue weighted by Gasteiger charge is 2.25. The summed E-state index contributed by atoms with van der Waals surface area (Å²) in [6.07, 6.45) is 7.51. The minimum absolute atomic E-state index is 0.0486. The van der Waals surface area contributed by atoms with Crippen molar-refractivity contribution in [2.24, 2.45) is 11.7 Å². The van der Waals surface area contributed by atoms with Gasteiger partial charge in [-0.05, 0) is 43.0 Å². The molecule has 0 saturated heterocycles. The number of amides is 1. The summed E-state index contributed by atoms with van der Waals surface area (Å²) in [6, 6.07) is 10.00. The second kappa shape index (κ2) is 6.75. The van der Waals surface area contributed by atoms with E-state index in [9.17, 15) is 4.79 Å². The number of benzene rings is 1. The average molecular weight is 298 g/mol. The van der Waals surface area contributed by atoms with Crippen LogP contribution in [0.2, 0.25) is 0 Å². The highest BCUT2D eigenvalue weighted by molar-refractivity contribution is 5.92. The van der Waals surface area contributed by atoms with Crippen molar-refractivity contribution in [3.63, 3.8) is 0 Å². The van der Waals surface area contributed by atoms with Crippen LogP contribution in [0.15, 0.2) is 42.7 Å². The second-order valence-corrected chi connectivity index (χ2v) is 6.01. The number of nitrogens with one attached hydrogen (secondary N) is 1. The lowest BCUT2D eigenvalue weighted by molar-refractivity contribution is -0.120. The molecule has 2 unspecified atom stereocenters. The Hall–Kier alpha value is -2.14. The number of aromatic nitrogens is 2. The van der Waals surface area contributed by atoms with Gasteiger partial charge in [0, 0.05) is 30.0 Å². The van der Waals surface area contributed by atoms with Crippen molar-refractivity contribution in [2.45, 2.75) is 38.3 Å². The van der Waals surface area contributed by atoms with E-state index in [1.807, 2.05) is 41.2 Å². The number of carbonyl (C=O) groups excluding carboxylic acids is 1. The van der Waals surface area contributed by atoms with Gasteiger partial charge < -0.3 is 11.1 Å². The van der Waals surface area contributed by atoms with E-state index in [2.05, 4.69) is 10.4 Å². The van der Waals surface area contributed by atoms with Crippen LogP contribution in [0.25, 0.3) is 0 Å². The molecular formula is C17H22N4O. The Bertz CT molecular complexity index is 606. The van der Waals surface area contributed by atoms with Crippen molar-refractivity contribution < 1.29 is 4.79 Å². The SMILES string of the molecule is NC1CCCC(C(=O)Nc2ccc(Cn3cccn3)cc2)C1. The number of anilines is 1. The molecule has 0 spiro atoms. The van der Waals surface area contributed by atoms with Crippen molar-refractivity contribution in [1.29, 1.82) is 0 Å². The Balaban J connectivity index is 1.57. The molecule has 3 rings (SSSR count). The molecule has 0 aliphatic heterocycles. The van der Waals surface area contributed by atoms with E-state index in [1.165, 1.54) is 0 Å². The molecule has 1 heterocycles. The second-order valence-electron chi connectivity index (χ2n) is 6.01. The summed E-state index contributed by atoms with van der Waals surface area (Å²) in [5.74, 6) is 0.141. The van der Waals surface area contributed by atoms with Crippen LogP contribution in [0.4, 0.5) is 5.69 Å². The fraction of sp³-hybridized carbons (Fsp3) is 0.412. The molecule has 0 radical (unpaired) electrons. The summed E-state index contributed by atoms with van der Waals surface area (Å²) in [5.41, 5.74) is 7.95. The fourth-order valence-corrected chi connectivity index (χ4v) is 2.98. The minimum Gasteiger partial charge on any atom is -0.328 e. The molecule has 22 heavy (non-hydrogen) atoms. The zero-order chi connectivity index (χ0) is 15.4. The largest absolute Gasteiger partial charge is 0.328 e. The first kappa shape index (κ1) is 14.8. The summed E-state index contributed by atoms with van der Waals surface area (Å²) >= 11 is 0. The summed E-state index contributed by atoms with van der Waals surface area (Å²) in [7, 11) is 0. The van der Waals surface area contributed by atoms with E-state index in [-0.39, 0.29) is 17.9 Å². The van der Waals surface area contributed by atoms with Gasteiger partial charge in [-0.25, -0.2) is 0 Å². The van der Waals surface area contributed by atoms with Gasteiger partial charge >= 0.3 is 0 Å². The van der Waals surface area contributed by atoms with Crippen LogP contribution >= 0.6 is 0 Å². The van der Waals surface area contributed by atoms with Gasteiger partial charge in [-0.1, -0.05) is 18.6 Å². The number of hydrogen-bond acceptors (Lipinski definition) is 3. The molecule has 1 aromatic carbocycles. The van der Waals surface area contributed by atoms with E-state index in [4.69, 9.17) is 5.73 Å². The molecule has 1 fully saturated rings. The first-order valence-corrected chi connectivity index (χ1v) is 7.83. The lowest BCUT2D eigenvalue weighted by Crippen LogP contribution is -2.34. The molecule has 0 bridgehead atoms. The smallest absolute Gasteiger partial charge is 0.227 e. The molecule has 1 aliphatic rings. The third-order valence-corrected chi connectivity index (χ3v) is 4.21. The third-order valence-electron chi connectivity index (χ3n) is 4.21. The predicted molar refractivity (Wildman–Crippen MR) is 86.3 cm³/mol. The maximum atomic E-state index is 12.3. The maximum absolute atomic E-state index is 12.3. The van der Waals surface area contributed by atoms with Crippen LogP contribution in [0.5, 0.6) is 0 Å². The molecule has 5 heteroatoms. The van der Waals surface area contributed by atoms with Gasteiger partial charge in [0.15, 0.2) is 0 Å². The molecular weight excluding hydrogens is 276 g/mol. The van der Waals surface area contributed by atoms with Gasteiger partial charge in [-0.3, -0.25) is 9.48 Å². The van der Waals surface area contributed by atoms with Crippen LogP contribution in [-0.4, -0.2) is 21.7 Å². The quantitative estimate of drug-likeness (QED) is 0.910. The van der Waals surface area contributed by atoms with Crippen LogP contribution in [0, 0.1) is 5.92 Å². The molecule has 5 nitrogen and oxygen atoms in total. The number of nitrogens with zero attached hydrogens (tertiary/aromatic N) is 2. The van der Waals surface area contributed by atoms with E-state index in [1.54, 1.807) is 6.20 Å². The number of nitrogens with two attached hydrogens (primary N) is 1. The van der Waals surface area contributed by atoms with Crippen molar-refractivity contribution in [3.8, 4) is 0 Å². The summed E-state index contributed by atoms with van der Waals surface area (Å²) < 4.78 is 1.87. The lowest BCUT2D eigenvalue weighted by atomic mass is 9.85. The van der Waals surface area contributed by atoms with Crippen LogP contribution < -0.4 is 11.1 Å². The van der Waals surface area contributed by atoms with E-state index in [0.717, 1.165) is 43.5 Å². The normalized spacial score (nSPS) is 21.5. The van der Waals surface area contributed by atoms with Gasteiger partial charge in [0.1, 0.15) is 0 Å². The summed E-state index contributed by atoms with van der Waals surface area (Å²) in [6.45, 7) is 0.735. The standard InChI is InChI=1S/C17H22N4O/c18-15-4-1-3-14(11-15)17(22)20-16-7-5-13(6-8-16)12-21-10-2-9-19-21/h2,5-10,14-15H,1,3-4,11-12,18H2,(H,20,22). The Morgan fingerprint density at radius 1 is 1.32 bits per heavy atom. The highest BCUT2D eigenvalue weighted by Crippen LogP contribution is 2.24. The molecule has 1 amide bonds. The first-order chi connectivity index (χ1) is 10.7. The van der Waals surface area contributed by atoms with Crippen molar-refractivity contribution in [1.82, 2.24) is 9.78 Å². The van der Waals surface area contributed by atoms with Gasteiger partial charge in [-0.2, -0.15) is 5.10 Å². The van der Waals surface area contributed by atoms with Crippen molar-refractivity contribution in [3.05, 3.63) is 48.3 Å². The van der Waals surface area contributed by atoms with Gasteiger partial charge in [0.2, 0.25) is 5.91 Å². The monoisotopic (exact) mass is 298 g/mol. The molecule has 1 aromatic heterocycles. The number of rotatable bonds is 4. The van der Waals surface area contributed by atoms with Crippen molar-refractivity contribution in [2.75, 3.05) is 5.32 Å². The van der Waals surface area contributed by atoms with E-state index in [0.29, 0.717) is 0 Å². The number of carbonyl (C=O) groups is 1. The lowest BCUT2D eigenvalue weighted by Gasteiger charge is -2.25. The van der Waals surface area contributed by atoms with E-state index >= 15 is 0 Å². The average Bonchev–Trinajstić information content (AvgIpc) is 3.02. The maximum Gasteiger partial charge on any atom is 0.227 e. The third kappa shape index (κ3) is 3.74. The van der Waals surface area contributed by atoms with Gasteiger partial charge in [0.05, 0.1) is 6.54 Å². The Kier molecular flexibility index (Phi) is 4.53. The topological polar surface area (TPSA) is 72.9 Å². The molecule has 3 N–H and O–H groups in total. The minimum atomic E-state index is 0.0486. The first-order valence-electron chi connectivity index (χ1n) is 7.83. The Morgan fingerprint density at radius 2 is 2.14 bits per heavy atom. The van der Waals surface area contributed by atoms with Gasteiger partial charge in [0.25, 0.3) is 0 Å². The summed E-state index contributed by atoms with van der Waals surface area (Å²) in [4.78, 5) is 12.3. The molecule has 1 saturated carbocycles. The Morgan fingerprint density at radius 3 is 2.82 bits per heavy atom. The molecule has 116 valence electrons. The highest BCUT2D eigenvalue weighted by atomic mass is 16.1. The van der Waals surface area contributed by atoms with Crippen LogP contribution in [0.1, 0.15) is 31.2 Å². The molecule has 2 aromatic rings. The molecule has 1 aliphatic carbocycles. The Labute approximate surface area is 130 Å². The van der Waals surface area contributed by atoms with Gasteiger partial charge in [-0.15, -0.1) is 0 Å². The number of hydrogen-bond donors (Lipinski definition) is 2.